The Labute approximate surface area is 169 Å². The standard InChI is InChI=1S/C20H23O8P/c1-3-24-19(21)15-18(20(22)25-4-2)28-29(23,26-16-11-7-5-8-12-16)27-17-13-9-6-10-14-17/h5-14,18H,3-4,15H2,1-2H3/t18-/m0/s1. The largest absolute Gasteiger partial charge is 0.588 e. The van der Waals surface area contributed by atoms with Crippen LogP contribution in [0.5, 0.6) is 11.5 Å². The zero-order valence-electron chi connectivity index (χ0n) is 16.2. The molecular weight excluding hydrogens is 399 g/mol. The predicted octanol–water partition coefficient (Wildman–Crippen LogP) is 4.15. The van der Waals surface area contributed by atoms with Crippen molar-refractivity contribution in [2.75, 3.05) is 13.2 Å². The summed E-state index contributed by atoms with van der Waals surface area (Å²) >= 11 is 0. The van der Waals surface area contributed by atoms with Gasteiger partial charge >= 0.3 is 19.8 Å². The molecule has 0 aliphatic heterocycles. The van der Waals surface area contributed by atoms with Crippen LogP contribution < -0.4 is 9.05 Å². The van der Waals surface area contributed by atoms with E-state index in [4.69, 9.17) is 23.0 Å². The summed E-state index contributed by atoms with van der Waals surface area (Å²) in [5.41, 5.74) is 0. The lowest BCUT2D eigenvalue weighted by molar-refractivity contribution is -0.158. The Morgan fingerprint density at radius 2 is 1.31 bits per heavy atom. The normalized spacial score (nSPS) is 11.9. The monoisotopic (exact) mass is 422 g/mol. The molecule has 0 amide bonds. The van der Waals surface area contributed by atoms with Crippen LogP contribution in [0.25, 0.3) is 0 Å². The van der Waals surface area contributed by atoms with E-state index in [0.29, 0.717) is 0 Å². The first-order chi connectivity index (χ1) is 14.0. The number of phosphoric ester groups is 1. The fourth-order valence-corrected chi connectivity index (χ4v) is 3.56. The molecule has 29 heavy (non-hydrogen) atoms. The van der Waals surface area contributed by atoms with Gasteiger partial charge in [-0.2, -0.15) is 0 Å². The Balaban J connectivity index is 2.29. The second-order valence-electron chi connectivity index (χ2n) is 5.61. The molecule has 0 fully saturated rings. The van der Waals surface area contributed by atoms with E-state index in [1.54, 1.807) is 74.5 Å². The summed E-state index contributed by atoms with van der Waals surface area (Å²) in [7, 11) is -4.38. The number of esters is 2. The minimum atomic E-state index is -4.38. The zero-order chi connectivity index (χ0) is 21.1. The highest BCUT2D eigenvalue weighted by Gasteiger charge is 2.39. The second-order valence-corrected chi connectivity index (χ2v) is 7.08. The minimum absolute atomic E-state index is 0.0465. The third-order valence-electron chi connectivity index (χ3n) is 3.38. The third kappa shape index (κ3) is 7.60. The highest BCUT2D eigenvalue weighted by atomic mass is 31.2. The highest BCUT2D eigenvalue weighted by molar-refractivity contribution is 7.49. The van der Waals surface area contributed by atoms with Gasteiger partial charge in [-0.05, 0) is 38.1 Å². The van der Waals surface area contributed by atoms with Crippen LogP contribution in [-0.2, 0) is 28.2 Å². The van der Waals surface area contributed by atoms with Gasteiger partial charge in [0.05, 0.1) is 19.6 Å². The number of hydrogen-bond donors (Lipinski definition) is 0. The predicted molar refractivity (Wildman–Crippen MR) is 105 cm³/mol. The van der Waals surface area contributed by atoms with Crippen LogP contribution in [0.1, 0.15) is 20.3 Å². The van der Waals surface area contributed by atoms with Gasteiger partial charge in [0.1, 0.15) is 11.5 Å². The minimum Gasteiger partial charge on any atom is -0.466 e. The van der Waals surface area contributed by atoms with Crippen molar-refractivity contribution in [3.8, 4) is 11.5 Å². The van der Waals surface area contributed by atoms with Crippen molar-refractivity contribution in [2.45, 2.75) is 26.4 Å². The van der Waals surface area contributed by atoms with Gasteiger partial charge < -0.3 is 18.5 Å². The number of para-hydroxylation sites is 2. The molecule has 8 nitrogen and oxygen atoms in total. The molecule has 0 spiro atoms. The lowest BCUT2D eigenvalue weighted by Gasteiger charge is -2.23. The molecule has 0 aliphatic rings. The van der Waals surface area contributed by atoms with Crippen LogP contribution in [0.15, 0.2) is 60.7 Å². The van der Waals surface area contributed by atoms with Crippen molar-refractivity contribution in [1.82, 2.24) is 0 Å². The fourth-order valence-electron chi connectivity index (χ4n) is 2.21. The molecule has 2 aromatic carbocycles. The maximum Gasteiger partial charge on any atom is 0.588 e. The van der Waals surface area contributed by atoms with E-state index in [0.717, 1.165) is 0 Å². The summed E-state index contributed by atoms with van der Waals surface area (Å²) in [6, 6.07) is 16.4. The van der Waals surface area contributed by atoms with Gasteiger partial charge in [0.2, 0.25) is 0 Å². The maximum atomic E-state index is 13.4. The number of ether oxygens (including phenoxy) is 2. The molecule has 0 bridgehead atoms. The van der Waals surface area contributed by atoms with E-state index < -0.39 is 32.3 Å². The Morgan fingerprint density at radius 3 is 1.76 bits per heavy atom. The summed E-state index contributed by atoms with van der Waals surface area (Å²) in [5.74, 6) is -1.19. The number of phosphoric acid groups is 1. The number of rotatable bonds is 11. The first kappa shape index (κ1) is 22.5. The van der Waals surface area contributed by atoms with E-state index in [1.165, 1.54) is 0 Å². The van der Waals surface area contributed by atoms with Crippen molar-refractivity contribution in [3.05, 3.63) is 60.7 Å². The van der Waals surface area contributed by atoms with Gasteiger partial charge in [0.15, 0.2) is 6.10 Å². The van der Waals surface area contributed by atoms with Crippen molar-refractivity contribution >= 4 is 19.8 Å². The quantitative estimate of drug-likeness (QED) is 0.393. The molecule has 2 aromatic rings. The van der Waals surface area contributed by atoms with Gasteiger partial charge in [0, 0.05) is 0 Å². The average molecular weight is 422 g/mol. The molecule has 0 unspecified atom stereocenters. The molecule has 0 aliphatic carbocycles. The van der Waals surface area contributed by atoms with Crippen molar-refractivity contribution in [3.63, 3.8) is 0 Å². The molecule has 0 aromatic heterocycles. The summed E-state index contributed by atoms with van der Waals surface area (Å²) in [6.45, 7) is 3.39. The van der Waals surface area contributed by atoms with Crippen LogP contribution in [0.3, 0.4) is 0 Å². The molecular formula is C20H23O8P. The summed E-state index contributed by atoms with van der Waals surface area (Å²) in [4.78, 5) is 24.2. The van der Waals surface area contributed by atoms with Crippen LogP contribution >= 0.6 is 7.82 Å². The van der Waals surface area contributed by atoms with E-state index in [9.17, 15) is 14.2 Å². The van der Waals surface area contributed by atoms with E-state index in [-0.39, 0.29) is 24.7 Å². The molecule has 2 rings (SSSR count). The number of carbonyl (C=O) groups is 2. The molecule has 0 saturated heterocycles. The Hall–Kier alpha value is -2.83. The van der Waals surface area contributed by atoms with Crippen LogP contribution in [0.2, 0.25) is 0 Å². The van der Waals surface area contributed by atoms with Gasteiger partial charge in [-0.25, -0.2) is 9.36 Å². The molecule has 0 N–H and O–H groups in total. The summed E-state index contributed by atoms with van der Waals surface area (Å²) < 4.78 is 39.5. The second kappa shape index (κ2) is 11.2. The highest BCUT2D eigenvalue weighted by Crippen LogP contribution is 2.51. The van der Waals surface area contributed by atoms with Crippen LogP contribution in [0.4, 0.5) is 0 Å². The van der Waals surface area contributed by atoms with E-state index in [2.05, 4.69) is 0 Å². The van der Waals surface area contributed by atoms with Crippen molar-refractivity contribution < 1.29 is 37.2 Å². The Morgan fingerprint density at radius 1 is 0.828 bits per heavy atom. The number of carbonyl (C=O) groups excluding carboxylic acids is 2. The van der Waals surface area contributed by atoms with Gasteiger partial charge in [0.25, 0.3) is 0 Å². The maximum absolute atomic E-state index is 13.4. The molecule has 0 radical (unpaired) electrons. The first-order valence-corrected chi connectivity index (χ1v) is 10.5. The third-order valence-corrected chi connectivity index (χ3v) is 4.77. The molecule has 156 valence electrons. The summed E-state index contributed by atoms with van der Waals surface area (Å²) in [6.07, 6.45) is -2.04. The van der Waals surface area contributed by atoms with Gasteiger partial charge in [-0.1, -0.05) is 36.4 Å². The van der Waals surface area contributed by atoms with E-state index >= 15 is 0 Å². The first-order valence-electron chi connectivity index (χ1n) is 9.05. The average Bonchev–Trinajstić information content (AvgIpc) is 2.69. The van der Waals surface area contributed by atoms with E-state index in [1.807, 2.05) is 0 Å². The lowest BCUT2D eigenvalue weighted by Crippen LogP contribution is -2.30. The molecule has 0 heterocycles. The smallest absolute Gasteiger partial charge is 0.466 e. The van der Waals surface area contributed by atoms with Crippen molar-refractivity contribution in [1.29, 1.82) is 0 Å². The zero-order valence-corrected chi connectivity index (χ0v) is 17.1. The Kier molecular flexibility index (Phi) is 8.70. The Bertz CT molecular complexity index is 779. The molecule has 0 saturated carbocycles. The summed E-state index contributed by atoms with van der Waals surface area (Å²) in [5, 5.41) is 0. The topological polar surface area (TPSA) is 97.4 Å². The number of benzene rings is 2. The molecule has 9 heteroatoms. The van der Waals surface area contributed by atoms with Crippen LogP contribution in [-0.4, -0.2) is 31.3 Å². The number of hydrogen-bond acceptors (Lipinski definition) is 8. The molecule has 1 atom stereocenters. The van der Waals surface area contributed by atoms with Gasteiger partial charge in [-0.3, -0.25) is 9.32 Å². The van der Waals surface area contributed by atoms with Crippen LogP contribution in [0, 0.1) is 0 Å². The van der Waals surface area contributed by atoms with Crippen molar-refractivity contribution in [2.24, 2.45) is 0 Å². The fraction of sp³-hybridized carbons (Fsp3) is 0.300. The van der Waals surface area contributed by atoms with Gasteiger partial charge in [-0.15, -0.1) is 0 Å². The SMILES string of the molecule is CCOC(=O)C[C@H](OP(=O)(Oc1ccccc1)Oc1ccccc1)C(=O)OCC. The lowest BCUT2D eigenvalue weighted by atomic mass is 10.2.